The molecule has 0 saturated carbocycles. The van der Waals surface area contributed by atoms with Crippen LogP contribution in [0.25, 0.3) is 0 Å². The highest BCUT2D eigenvalue weighted by atomic mass is 19.3. The summed E-state index contributed by atoms with van der Waals surface area (Å²) >= 11 is 0. The molecule has 0 atom stereocenters. The summed E-state index contributed by atoms with van der Waals surface area (Å²) in [6.07, 6.45) is -2.66. The lowest BCUT2D eigenvalue weighted by atomic mass is 10.2. The third-order valence-corrected chi connectivity index (χ3v) is 3.57. The third-order valence-electron chi connectivity index (χ3n) is 3.57. The maximum absolute atomic E-state index is 13.1. The van der Waals surface area contributed by atoms with E-state index in [-0.39, 0.29) is 17.0 Å². The Labute approximate surface area is 144 Å². The van der Waals surface area contributed by atoms with Crippen molar-refractivity contribution in [3.05, 3.63) is 83.9 Å². The number of benzene rings is 3. The molecule has 0 aliphatic heterocycles. The minimum Gasteiger partial charge on any atom is -0.489 e. The highest BCUT2D eigenvalue weighted by Gasteiger charge is 2.15. The van der Waals surface area contributed by atoms with E-state index in [1.165, 1.54) is 18.2 Å². The second-order valence-electron chi connectivity index (χ2n) is 5.45. The highest BCUT2D eigenvalue weighted by molar-refractivity contribution is 5.50. The summed E-state index contributed by atoms with van der Waals surface area (Å²) in [6.45, 7) is 0.453. The molecule has 5 heteroatoms. The quantitative estimate of drug-likeness (QED) is 0.595. The smallest absolute Gasteiger partial charge is 0.267 e. The molecule has 0 aromatic heterocycles. The van der Waals surface area contributed by atoms with E-state index in [1.54, 1.807) is 24.3 Å². The van der Waals surface area contributed by atoms with E-state index in [2.05, 4.69) is 0 Å². The minimum atomic E-state index is -2.66. The highest BCUT2D eigenvalue weighted by Crippen LogP contribution is 2.34. The zero-order chi connectivity index (χ0) is 17.6. The molecule has 0 bridgehead atoms. The molecule has 0 fully saturated rings. The number of anilines is 1. The van der Waals surface area contributed by atoms with Crippen molar-refractivity contribution >= 4 is 5.69 Å². The SMILES string of the molecule is Nc1ccc(Oc2ccc(OCc3ccccc3)cc2)c(C(F)F)c1. The van der Waals surface area contributed by atoms with E-state index in [0.29, 0.717) is 18.1 Å². The predicted octanol–water partition coefficient (Wildman–Crippen LogP) is 5.58. The molecule has 3 aromatic rings. The van der Waals surface area contributed by atoms with Crippen molar-refractivity contribution in [2.45, 2.75) is 13.0 Å². The Kier molecular flexibility index (Phi) is 5.14. The molecule has 0 amide bonds. The van der Waals surface area contributed by atoms with E-state index < -0.39 is 6.43 Å². The van der Waals surface area contributed by atoms with E-state index in [9.17, 15) is 8.78 Å². The first-order valence-electron chi connectivity index (χ1n) is 7.74. The van der Waals surface area contributed by atoms with Crippen LogP contribution in [0, 0.1) is 0 Å². The first kappa shape index (κ1) is 16.8. The molecule has 0 saturated heterocycles. The van der Waals surface area contributed by atoms with Crippen molar-refractivity contribution in [2.75, 3.05) is 5.73 Å². The zero-order valence-electron chi connectivity index (χ0n) is 13.4. The first-order valence-corrected chi connectivity index (χ1v) is 7.74. The van der Waals surface area contributed by atoms with Gasteiger partial charge in [-0.15, -0.1) is 0 Å². The molecule has 3 rings (SSSR count). The molecule has 3 aromatic carbocycles. The van der Waals surface area contributed by atoms with Gasteiger partial charge >= 0.3 is 0 Å². The van der Waals surface area contributed by atoms with Crippen molar-refractivity contribution < 1.29 is 18.3 Å². The monoisotopic (exact) mass is 341 g/mol. The zero-order valence-corrected chi connectivity index (χ0v) is 13.4. The average Bonchev–Trinajstić information content (AvgIpc) is 2.63. The van der Waals surface area contributed by atoms with Gasteiger partial charge in [0.25, 0.3) is 6.43 Å². The van der Waals surface area contributed by atoms with Crippen LogP contribution in [-0.4, -0.2) is 0 Å². The van der Waals surface area contributed by atoms with Crippen LogP contribution < -0.4 is 15.2 Å². The van der Waals surface area contributed by atoms with E-state index in [0.717, 1.165) is 5.56 Å². The largest absolute Gasteiger partial charge is 0.489 e. The number of hydrogen-bond acceptors (Lipinski definition) is 3. The molecular weight excluding hydrogens is 324 g/mol. The third kappa shape index (κ3) is 4.47. The van der Waals surface area contributed by atoms with Crippen molar-refractivity contribution in [3.8, 4) is 17.2 Å². The number of hydrogen-bond donors (Lipinski definition) is 1. The van der Waals surface area contributed by atoms with E-state index in [4.69, 9.17) is 15.2 Å². The van der Waals surface area contributed by atoms with Crippen LogP contribution in [0.1, 0.15) is 17.6 Å². The van der Waals surface area contributed by atoms with Crippen LogP contribution in [0.4, 0.5) is 14.5 Å². The van der Waals surface area contributed by atoms with Gasteiger partial charge in [0, 0.05) is 5.69 Å². The molecule has 0 aliphatic rings. The van der Waals surface area contributed by atoms with Crippen molar-refractivity contribution in [2.24, 2.45) is 0 Å². The summed E-state index contributed by atoms with van der Waals surface area (Å²) in [6, 6.07) is 20.8. The van der Waals surface area contributed by atoms with Crippen LogP contribution in [0.3, 0.4) is 0 Å². The van der Waals surface area contributed by atoms with Crippen LogP contribution in [0.15, 0.2) is 72.8 Å². The Morgan fingerprint density at radius 3 is 2.20 bits per heavy atom. The van der Waals surface area contributed by atoms with Gasteiger partial charge in [0.05, 0.1) is 5.56 Å². The lowest BCUT2D eigenvalue weighted by Crippen LogP contribution is -1.96. The second kappa shape index (κ2) is 7.66. The lowest BCUT2D eigenvalue weighted by molar-refractivity contribution is 0.148. The molecule has 0 radical (unpaired) electrons. The maximum atomic E-state index is 13.1. The number of rotatable bonds is 6. The Morgan fingerprint density at radius 1 is 0.840 bits per heavy atom. The average molecular weight is 341 g/mol. The van der Waals surface area contributed by atoms with Crippen LogP contribution in [0.2, 0.25) is 0 Å². The van der Waals surface area contributed by atoms with Gasteiger partial charge in [0.2, 0.25) is 0 Å². The van der Waals surface area contributed by atoms with Crippen LogP contribution in [0.5, 0.6) is 17.2 Å². The summed E-state index contributed by atoms with van der Waals surface area (Å²) in [7, 11) is 0. The summed E-state index contributed by atoms with van der Waals surface area (Å²) in [5.74, 6) is 1.20. The number of ether oxygens (including phenoxy) is 2. The van der Waals surface area contributed by atoms with Gasteiger partial charge in [-0.1, -0.05) is 30.3 Å². The van der Waals surface area contributed by atoms with Gasteiger partial charge in [0.1, 0.15) is 23.9 Å². The van der Waals surface area contributed by atoms with Gasteiger partial charge in [-0.25, -0.2) is 8.78 Å². The number of alkyl halides is 2. The summed E-state index contributed by atoms with van der Waals surface area (Å²) in [5.41, 5.74) is 6.65. The molecular formula is C20H17F2NO2. The Bertz CT molecular complexity index is 821. The van der Waals surface area contributed by atoms with E-state index >= 15 is 0 Å². The van der Waals surface area contributed by atoms with Crippen LogP contribution >= 0.6 is 0 Å². The van der Waals surface area contributed by atoms with Gasteiger partial charge in [-0.2, -0.15) is 0 Å². The Hall–Kier alpha value is -3.08. The first-order chi connectivity index (χ1) is 12.1. The van der Waals surface area contributed by atoms with Gasteiger partial charge < -0.3 is 15.2 Å². The standard InChI is InChI=1S/C20H17F2NO2/c21-20(22)18-12-15(23)6-11-19(18)25-17-9-7-16(8-10-17)24-13-14-4-2-1-3-5-14/h1-12,20H,13,23H2. The van der Waals surface area contributed by atoms with Gasteiger partial charge in [-0.3, -0.25) is 0 Å². The minimum absolute atomic E-state index is 0.0853. The van der Waals surface area contributed by atoms with Crippen molar-refractivity contribution in [1.82, 2.24) is 0 Å². The predicted molar refractivity (Wildman–Crippen MR) is 93.1 cm³/mol. The fraction of sp³-hybridized carbons (Fsp3) is 0.100. The normalized spacial score (nSPS) is 10.7. The molecule has 2 N–H and O–H groups in total. The second-order valence-corrected chi connectivity index (χ2v) is 5.45. The number of nitrogen functional groups attached to an aromatic ring is 1. The van der Waals surface area contributed by atoms with Gasteiger partial charge in [-0.05, 0) is 48.0 Å². The Morgan fingerprint density at radius 2 is 1.52 bits per heavy atom. The summed E-state index contributed by atoms with van der Waals surface area (Å²) < 4.78 is 37.4. The molecule has 128 valence electrons. The number of nitrogens with two attached hydrogens (primary N) is 1. The fourth-order valence-corrected chi connectivity index (χ4v) is 2.30. The van der Waals surface area contributed by atoms with E-state index in [1.807, 2.05) is 30.3 Å². The number of halogens is 2. The fourth-order valence-electron chi connectivity index (χ4n) is 2.30. The summed E-state index contributed by atoms with van der Waals surface area (Å²) in [4.78, 5) is 0. The molecule has 0 aliphatic carbocycles. The van der Waals surface area contributed by atoms with Crippen molar-refractivity contribution in [1.29, 1.82) is 0 Å². The summed E-state index contributed by atoms with van der Waals surface area (Å²) in [5, 5.41) is 0. The molecule has 0 spiro atoms. The topological polar surface area (TPSA) is 44.5 Å². The van der Waals surface area contributed by atoms with Crippen molar-refractivity contribution in [3.63, 3.8) is 0 Å². The molecule has 25 heavy (non-hydrogen) atoms. The molecule has 0 heterocycles. The maximum Gasteiger partial charge on any atom is 0.267 e. The molecule has 3 nitrogen and oxygen atoms in total. The lowest BCUT2D eigenvalue weighted by Gasteiger charge is -2.12. The molecule has 0 unspecified atom stereocenters. The van der Waals surface area contributed by atoms with Gasteiger partial charge in [0.15, 0.2) is 0 Å². The van der Waals surface area contributed by atoms with Crippen LogP contribution in [-0.2, 0) is 6.61 Å². The Balaban J connectivity index is 1.67.